The van der Waals surface area contributed by atoms with Crippen molar-refractivity contribution in [1.29, 1.82) is 0 Å². The summed E-state index contributed by atoms with van der Waals surface area (Å²) in [4.78, 5) is 20.1. The van der Waals surface area contributed by atoms with E-state index >= 15 is 0 Å². The molecule has 0 fully saturated rings. The summed E-state index contributed by atoms with van der Waals surface area (Å²) in [6, 6.07) is 11.1. The van der Waals surface area contributed by atoms with Crippen molar-refractivity contribution in [2.45, 2.75) is 6.92 Å². The Labute approximate surface area is 150 Å². The number of fused-ring (bicyclic) bond motifs is 3. The number of aromatic amines is 1. The fourth-order valence-electron chi connectivity index (χ4n) is 2.70. The molecule has 0 amide bonds. The predicted molar refractivity (Wildman–Crippen MR) is 101 cm³/mol. The molecule has 0 aliphatic rings. The Hall–Kier alpha value is -2.93. The van der Waals surface area contributed by atoms with Crippen LogP contribution >= 0.6 is 15.9 Å². The summed E-state index contributed by atoms with van der Waals surface area (Å²) in [5.74, 6) is 0.0643. The van der Waals surface area contributed by atoms with E-state index in [0.717, 1.165) is 21.1 Å². The quantitative estimate of drug-likeness (QED) is 0.508. The number of H-pyrrole nitrogens is 1. The first-order valence-corrected chi connectivity index (χ1v) is 8.35. The number of hydrogen-bond acceptors (Lipinski definition) is 4. The lowest BCUT2D eigenvalue weighted by atomic mass is 10.2. The van der Waals surface area contributed by atoms with Crippen molar-refractivity contribution in [3.8, 4) is 5.75 Å². The van der Waals surface area contributed by atoms with Gasteiger partial charge in [0.2, 0.25) is 0 Å². The van der Waals surface area contributed by atoms with Crippen molar-refractivity contribution in [3.63, 3.8) is 0 Å². The molecular formula is C18H13BrN4O2. The van der Waals surface area contributed by atoms with Crippen LogP contribution in [0, 0.1) is 6.92 Å². The Balaban J connectivity index is 1.85. The second kappa shape index (κ2) is 5.86. The van der Waals surface area contributed by atoms with Gasteiger partial charge in [0.1, 0.15) is 23.1 Å². The molecule has 124 valence electrons. The average molecular weight is 397 g/mol. The molecule has 4 aromatic rings. The maximum atomic E-state index is 12.7. The number of benzene rings is 2. The van der Waals surface area contributed by atoms with Crippen LogP contribution in [0.5, 0.6) is 5.75 Å². The number of phenols is 1. The van der Waals surface area contributed by atoms with Gasteiger partial charge in [-0.3, -0.25) is 4.79 Å². The maximum absolute atomic E-state index is 12.7. The van der Waals surface area contributed by atoms with Gasteiger partial charge in [0.25, 0.3) is 5.56 Å². The summed E-state index contributed by atoms with van der Waals surface area (Å²) in [6.45, 7) is 1.99. The van der Waals surface area contributed by atoms with Gasteiger partial charge in [-0.25, -0.2) is 4.98 Å². The smallest absolute Gasteiger partial charge is 0.298 e. The van der Waals surface area contributed by atoms with Crippen LogP contribution in [-0.4, -0.2) is 26.0 Å². The zero-order chi connectivity index (χ0) is 17.6. The van der Waals surface area contributed by atoms with Crippen molar-refractivity contribution < 1.29 is 5.11 Å². The molecule has 0 unspecified atom stereocenters. The monoisotopic (exact) mass is 396 g/mol. The highest BCUT2D eigenvalue weighted by Gasteiger charge is 2.11. The van der Waals surface area contributed by atoms with Crippen LogP contribution in [0.2, 0.25) is 0 Å². The van der Waals surface area contributed by atoms with E-state index in [9.17, 15) is 9.90 Å². The van der Waals surface area contributed by atoms with Crippen molar-refractivity contribution in [3.05, 3.63) is 68.7 Å². The molecule has 0 radical (unpaired) electrons. The van der Waals surface area contributed by atoms with Crippen molar-refractivity contribution in [1.82, 2.24) is 14.6 Å². The minimum atomic E-state index is -0.301. The summed E-state index contributed by atoms with van der Waals surface area (Å²) >= 11 is 3.25. The molecule has 0 bridgehead atoms. The lowest BCUT2D eigenvalue weighted by Crippen LogP contribution is -2.17. The molecule has 0 saturated heterocycles. The molecule has 2 N–H and O–H groups in total. The van der Waals surface area contributed by atoms with Crippen molar-refractivity contribution in [2.75, 3.05) is 0 Å². The Morgan fingerprint density at radius 1 is 1.32 bits per heavy atom. The van der Waals surface area contributed by atoms with Crippen molar-refractivity contribution in [2.24, 2.45) is 5.10 Å². The summed E-state index contributed by atoms with van der Waals surface area (Å²) < 4.78 is 1.70. The molecular weight excluding hydrogens is 384 g/mol. The third-order valence-corrected chi connectivity index (χ3v) is 4.62. The maximum Gasteiger partial charge on any atom is 0.298 e. The number of phenolic OH excluding ortho intramolecular Hbond substituents is 1. The first kappa shape index (κ1) is 15.6. The lowest BCUT2D eigenvalue weighted by Gasteiger charge is -2.01. The number of halogens is 1. The van der Waals surface area contributed by atoms with Gasteiger partial charge in [-0.2, -0.15) is 9.78 Å². The minimum absolute atomic E-state index is 0.0643. The zero-order valence-electron chi connectivity index (χ0n) is 13.2. The van der Waals surface area contributed by atoms with Gasteiger partial charge < -0.3 is 10.1 Å². The molecule has 7 heteroatoms. The highest BCUT2D eigenvalue weighted by atomic mass is 79.9. The molecule has 25 heavy (non-hydrogen) atoms. The number of para-hydroxylation sites is 1. The Morgan fingerprint density at radius 2 is 2.16 bits per heavy atom. The van der Waals surface area contributed by atoms with E-state index in [-0.39, 0.29) is 11.3 Å². The standard InChI is InChI=1S/C18H13BrN4O2/c1-10-5-6-14-12(7-10)15-16(22-14)18(25)23(9-20-15)21-8-11-3-2-4-13(19)17(11)24/h2-9,22,24H,1H3/b21-8-. The van der Waals surface area contributed by atoms with Gasteiger partial charge in [-0.1, -0.05) is 17.7 Å². The Kier molecular flexibility index (Phi) is 3.65. The SMILES string of the molecule is Cc1ccc2[nH]c3c(=O)n(/N=C\c4cccc(Br)c4O)cnc3c2c1. The average Bonchev–Trinajstić information content (AvgIpc) is 2.96. The largest absolute Gasteiger partial charge is 0.506 e. The topological polar surface area (TPSA) is 83.3 Å². The fraction of sp³-hybridized carbons (Fsp3) is 0.0556. The highest BCUT2D eigenvalue weighted by molar-refractivity contribution is 9.10. The van der Waals surface area contributed by atoms with Crippen LogP contribution in [0.15, 0.2) is 57.1 Å². The van der Waals surface area contributed by atoms with Crippen LogP contribution in [-0.2, 0) is 0 Å². The molecule has 0 aliphatic heterocycles. The molecule has 0 saturated carbocycles. The first-order chi connectivity index (χ1) is 12.0. The molecule has 0 spiro atoms. The molecule has 2 heterocycles. The normalized spacial score (nSPS) is 11.8. The summed E-state index contributed by atoms with van der Waals surface area (Å²) in [5, 5.41) is 15.0. The molecule has 2 aromatic carbocycles. The van der Waals surface area contributed by atoms with Gasteiger partial charge in [-0.15, -0.1) is 0 Å². The third kappa shape index (κ3) is 2.62. The zero-order valence-corrected chi connectivity index (χ0v) is 14.8. The molecule has 6 nitrogen and oxygen atoms in total. The van der Waals surface area contributed by atoms with Gasteiger partial charge in [0.05, 0.1) is 10.7 Å². The molecule has 0 aliphatic carbocycles. The Bertz CT molecular complexity index is 1210. The van der Waals surface area contributed by atoms with Crippen molar-refractivity contribution >= 4 is 44.1 Å². The van der Waals surface area contributed by atoms with Gasteiger partial charge in [0, 0.05) is 16.5 Å². The van der Waals surface area contributed by atoms with Crippen LogP contribution in [0.1, 0.15) is 11.1 Å². The number of nitrogens with zero attached hydrogens (tertiary/aromatic N) is 3. The Morgan fingerprint density at radius 3 is 3.00 bits per heavy atom. The molecule has 0 atom stereocenters. The number of aryl methyl sites for hydroxylation is 1. The predicted octanol–water partition coefficient (Wildman–Crippen LogP) is 3.54. The van der Waals surface area contributed by atoms with E-state index in [1.54, 1.807) is 18.2 Å². The van der Waals surface area contributed by atoms with Gasteiger partial charge >= 0.3 is 0 Å². The number of rotatable bonds is 2. The summed E-state index contributed by atoms with van der Waals surface area (Å²) in [6.07, 6.45) is 2.80. The second-order valence-corrected chi connectivity index (χ2v) is 6.57. The highest BCUT2D eigenvalue weighted by Crippen LogP contribution is 2.26. The van der Waals surface area contributed by atoms with Crippen LogP contribution in [0.3, 0.4) is 0 Å². The van der Waals surface area contributed by atoms with Gasteiger partial charge in [-0.05, 0) is 47.1 Å². The fourth-order valence-corrected chi connectivity index (χ4v) is 3.08. The molecule has 4 rings (SSSR count). The number of aromatic nitrogens is 3. The van der Waals surface area contributed by atoms with E-state index in [1.807, 2.05) is 25.1 Å². The van der Waals surface area contributed by atoms with Crippen LogP contribution in [0.25, 0.3) is 21.9 Å². The van der Waals surface area contributed by atoms with E-state index in [2.05, 4.69) is 31.0 Å². The van der Waals surface area contributed by atoms with E-state index in [4.69, 9.17) is 0 Å². The minimum Gasteiger partial charge on any atom is -0.506 e. The van der Waals surface area contributed by atoms with E-state index in [0.29, 0.717) is 21.1 Å². The first-order valence-electron chi connectivity index (χ1n) is 7.56. The second-order valence-electron chi connectivity index (χ2n) is 5.71. The van der Waals surface area contributed by atoms with E-state index < -0.39 is 0 Å². The lowest BCUT2D eigenvalue weighted by molar-refractivity contribution is 0.471. The van der Waals surface area contributed by atoms with Gasteiger partial charge in [0.15, 0.2) is 0 Å². The van der Waals surface area contributed by atoms with E-state index in [1.165, 1.54) is 12.5 Å². The molecule has 2 aromatic heterocycles. The number of hydrogen-bond donors (Lipinski definition) is 2. The van der Waals surface area contributed by atoms with Crippen LogP contribution < -0.4 is 5.56 Å². The third-order valence-electron chi connectivity index (χ3n) is 3.98. The summed E-state index contributed by atoms with van der Waals surface area (Å²) in [5.41, 5.74) is 3.18. The van der Waals surface area contributed by atoms with Crippen LogP contribution in [0.4, 0.5) is 0 Å². The summed E-state index contributed by atoms with van der Waals surface area (Å²) in [7, 11) is 0. The number of aromatic hydroxyl groups is 1. The number of nitrogens with one attached hydrogen (secondary N) is 1.